The number of benzene rings is 1. The molecule has 5 heteroatoms. The molecule has 0 radical (unpaired) electrons. The van der Waals surface area contributed by atoms with Gasteiger partial charge in [-0.2, -0.15) is 0 Å². The molecule has 0 saturated heterocycles. The van der Waals surface area contributed by atoms with E-state index in [0.29, 0.717) is 24.5 Å². The number of ether oxygens (including phenoxy) is 2. The van der Waals surface area contributed by atoms with Gasteiger partial charge in [0, 0.05) is 17.1 Å². The third-order valence-electron chi connectivity index (χ3n) is 3.46. The van der Waals surface area contributed by atoms with Gasteiger partial charge >= 0.3 is 11.9 Å². The van der Waals surface area contributed by atoms with E-state index in [-0.39, 0.29) is 18.4 Å². The average Bonchev–Trinajstić information content (AvgIpc) is 2.85. The molecular weight excluding hydrogens is 294 g/mol. The van der Waals surface area contributed by atoms with Gasteiger partial charge in [0.05, 0.1) is 25.2 Å². The van der Waals surface area contributed by atoms with Crippen LogP contribution < -0.4 is 0 Å². The molecular formula is C18H21NO4. The minimum absolute atomic E-state index is 0.100. The van der Waals surface area contributed by atoms with E-state index in [2.05, 4.69) is 0 Å². The fourth-order valence-corrected chi connectivity index (χ4v) is 2.51. The maximum Gasteiger partial charge on any atom is 0.339 e. The predicted molar refractivity (Wildman–Crippen MR) is 86.8 cm³/mol. The second-order valence-electron chi connectivity index (χ2n) is 5.01. The van der Waals surface area contributed by atoms with Crippen molar-refractivity contribution in [3.05, 3.63) is 53.3 Å². The summed E-state index contributed by atoms with van der Waals surface area (Å²) >= 11 is 0. The number of esters is 2. The molecule has 5 nitrogen and oxygen atoms in total. The monoisotopic (exact) mass is 315 g/mol. The summed E-state index contributed by atoms with van der Waals surface area (Å²) in [5, 5.41) is 0. The lowest BCUT2D eigenvalue weighted by Crippen LogP contribution is -2.11. The summed E-state index contributed by atoms with van der Waals surface area (Å²) in [6, 6.07) is 11.3. The normalized spacial score (nSPS) is 10.4. The molecule has 0 aliphatic carbocycles. The molecule has 0 N–H and O–H groups in total. The Morgan fingerprint density at radius 1 is 1.04 bits per heavy atom. The fourth-order valence-electron chi connectivity index (χ4n) is 2.51. The minimum Gasteiger partial charge on any atom is -0.466 e. The van der Waals surface area contributed by atoms with Crippen molar-refractivity contribution < 1.29 is 19.1 Å². The molecule has 0 unspecified atom stereocenters. The van der Waals surface area contributed by atoms with E-state index < -0.39 is 0 Å². The predicted octanol–water partition coefficient (Wildman–Crippen LogP) is 3.07. The zero-order valence-corrected chi connectivity index (χ0v) is 13.7. The van der Waals surface area contributed by atoms with Crippen LogP contribution >= 0.6 is 0 Å². The quantitative estimate of drug-likeness (QED) is 0.769. The molecule has 1 aromatic heterocycles. The third-order valence-corrected chi connectivity index (χ3v) is 3.46. The molecule has 122 valence electrons. The lowest BCUT2D eigenvalue weighted by atomic mass is 10.2. The molecule has 0 fully saturated rings. The molecule has 0 spiro atoms. The van der Waals surface area contributed by atoms with E-state index >= 15 is 0 Å². The zero-order valence-electron chi connectivity index (χ0n) is 13.7. The maximum atomic E-state index is 12.1. The van der Waals surface area contributed by atoms with Crippen molar-refractivity contribution in [1.82, 2.24) is 4.57 Å². The van der Waals surface area contributed by atoms with E-state index in [0.717, 1.165) is 11.4 Å². The molecule has 0 atom stereocenters. The summed E-state index contributed by atoms with van der Waals surface area (Å²) in [6.45, 7) is 6.01. The van der Waals surface area contributed by atoms with Gasteiger partial charge < -0.3 is 14.0 Å². The highest BCUT2D eigenvalue weighted by molar-refractivity contribution is 5.91. The topological polar surface area (TPSA) is 57.5 Å². The molecule has 2 aromatic rings. The first-order chi connectivity index (χ1) is 11.1. The van der Waals surface area contributed by atoms with Gasteiger partial charge in [0.2, 0.25) is 0 Å². The van der Waals surface area contributed by atoms with E-state index in [4.69, 9.17) is 9.47 Å². The van der Waals surface area contributed by atoms with Gasteiger partial charge in [-0.05, 0) is 39.0 Å². The van der Waals surface area contributed by atoms with Gasteiger partial charge in [-0.25, -0.2) is 4.79 Å². The SMILES string of the molecule is CCOC(=O)Cc1cc(C(=O)OCC)c(C)n1-c1ccccc1. The van der Waals surface area contributed by atoms with Crippen LogP contribution in [0.5, 0.6) is 0 Å². The minimum atomic E-state index is -0.384. The summed E-state index contributed by atoms with van der Waals surface area (Å²) in [7, 11) is 0. The second-order valence-corrected chi connectivity index (χ2v) is 5.01. The standard InChI is InChI=1S/C18H21NO4/c1-4-22-17(20)12-15-11-16(18(21)23-5-2)13(3)19(15)14-9-7-6-8-10-14/h6-11H,4-5,12H2,1-3H3. The van der Waals surface area contributed by atoms with Crippen LogP contribution in [-0.2, 0) is 20.7 Å². The highest BCUT2D eigenvalue weighted by Gasteiger charge is 2.21. The van der Waals surface area contributed by atoms with Crippen LogP contribution in [-0.4, -0.2) is 29.7 Å². The molecule has 0 aliphatic rings. The second kappa shape index (κ2) is 7.63. The highest BCUT2D eigenvalue weighted by atomic mass is 16.5. The molecule has 0 amide bonds. The Bertz CT molecular complexity index is 689. The number of carbonyl (C=O) groups excluding carboxylic acids is 2. The number of hydrogen-bond donors (Lipinski definition) is 0. The molecule has 0 bridgehead atoms. The van der Waals surface area contributed by atoms with E-state index in [1.54, 1.807) is 19.9 Å². The molecule has 23 heavy (non-hydrogen) atoms. The number of aromatic nitrogens is 1. The molecule has 0 aliphatic heterocycles. The summed E-state index contributed by atoms with van der Waals surface area (Å²) in [5.41, 5.74) is 2.80. The molecule has 0 saturated carbocycles. The first kappa shape index (κ1) is 16.8. The number of hydrogen-bond acceptors (Lipinski definition) is 4. The number of para-hydroxylation sites is 1. The number of rotatable bonds is 6. The maximum absolute atomic E-state index is 12.1. The lowest BCUT2D eigenvalue weighted by molar-refractivity contribution is -0.142. The van der Waals surface area contributed by atoms with Gasteiger partial charge in [0.1, 0.15) is 0 Å². The van der Waals surface area contributed by atoms with Crippen LogP contribution in [0.25, 0.3) is 5.69 Å². The van der Waals surface area contributed by atoms with Crippen LogP contribution in [0.15, 0.2) is 36.4 Å². The summed E-state index contributed by atoms with van der Waals surface area (Å²) in [6.07, 6.45) is 0.100. The van der Waals surface area contributed by atoms with Gasteiger partial charge in [0.15, 0.2) is 0 Å². The van der Waals surface area contributed by atoms with Crippen molar-refractivity contribution in [2.75, 3.05) is 13.2 Å². The van der Waals surface area contributed by atoms with E-state index in [9.17, 15) is 9.59 Å². The van der Waals surface area contributed by atoms with Crippen LogP contribution in [0, 0.1) is 6.92 Å². The Morgan fingerprint density at radius 3 is 2.30 bits per heavy atom. The van der Waals surface area contributed by atoms with Gasteiger partial charge in [0.25, 0.3) is 0 Å². The van der Waals surface area contributed by atoms with Crippen LogP contribution in [0.1, 0.15) is 35.6 Å². The highest BCUT2D eigenvalue weighted by Crippen LogP contribution is 2.22. The van der Waals surface area contributed by atoms with E-state index in [1.807, 2.05) is 41.8 Å². The smallest absolute Gasteiger partial charge is 0.339 e. The Labute approximate surface area is 135 Å². The van der Waals surface area contributed by atoms with Crippen molar-refractivity contribution in [3.63, 3.8) is 0 Å². The Kier molecular flexibility index (Phi) is 5.57. The number of carbonyl (C=O) groups is 2. The summed E-state index contributed by atoms with van der Waals surface area (Å²) in [4.78, 5) is 24.0. The molecule has 1 aromatic carbocycles. The zero-order chi connectivity index (χ0) is 16.8. The fraction of sp³-hybridized carbons (Fsp3) is 0.333. The van der Waals surface area contributed by atoms with Crippen LogP contribution in [0.2, 0.25) is 0 Å². The Morgan fingerprint density at radius 2 is 1.70 bits per heavy atom. The Hall–Kier alpha value is -2.56. The largest absolute Gasteiger partial charge is 0.466 e. The Balaban J connectivity index is 2.48. The molecule has 2 rings (SSSR count). The van der Waals surface area contributed by atoms with Gasteiger partial charge in [-0.3, -0.25) is 4.79 Å². The third kappa shape index (κ3) is 3.80. The van der Waals surface area contributed by atoms with Crippen LogP contribution in [0.4, 0.5) is 0 Å². The van der Waals surface area contributed by atoms with Crippen molar-refractivity contribution in [3.8, 4) is 5.69 Å². The van der Waals surface area contributed by atoms with Gasteiger partial charge in [-0.1, -0.05) is 18.2 Å². The first-order valence-corrected chi connectivity index (χ1v) is 7.67. The first-order valence-electron chi connectivity index (χ1n) is 7.67. The van der Waals surface area contributed by atoms with Crippen LogP contribution in [0.3, 0.4) is 0 Å². The summed E-state index contributed by atoms with van der Waals surface area (Å²) in [5.74, 6) is -0.706. The van der Waals surface area contributed by atoms with E-state index in [1.165, 1.54) is 0 Å². The lowest BCUT2D eigenvalue weighted by Gasteiger charge is -2.11. The van der Waals surface area contributed by atoms with Crippen molar-refractivity contribution in [2.45, 2.75) is 27.2 Å². The van der Waals surface area contributed by atoms with Crippen molar-refractivity contribution >= 4 is 11.9 Å². The van der Waals surface area contributed by atoms with Gasteiger partial charge in [-0.15, -0.1) is 0 Å². The number of nitrogens with zero attached hydrogens (tertiary/aromatic N) is 1. The summed E-state index contributed by atoms with van der Waals surface area (Å²) < 4.78 is 12.0. The molecule has 1 heterocycles. The van der Waals surface area contributed by atoms with Crippen molar-refractivity contribution in [2.24, 2.45) is 0 Å². The average molecular weight is 315 g/mol. The van der Waals surface area contributed by atoms with Crippen molar-refractivity contribution in [1.29, 1.82) is 0 Å².